The molecule has 0 saturated heterocycles. The van der Waals surface area contributed by atoms with Gasteiger partial charge < -0.3 is 15.5 Å². The molecule has 0 aromatic heterocycles. The number of phenolic OH excluding ortho intramolecular Hbond substituents is 2. The van der Waals surface area contributed by atoms with E-state index in [2.05, 4.69) is 11.4 Å². The first kappa shape index (κ1) is 11.8. The van der Waals surface area contributed by atoms with Gasteiger partial charge in [0.1, 0.15) is 6.07 Å². The first-order chi connectivity index (χ1) is 8.72. The molecule has 2 aromatic rings. The zero-order valence-corrected chi connectivity index (χ0v) is 9.59. The van der Waals surface area contributed by atoms with Gasteiger partial charge in [0.15, 0.2) is 11.5 Å². The van der Waals surface area contributed by atoms with Crippen molar-refractivity contribution in [2.45, 2.75) is 6.54 Å². The third-order valence-corrected chi connectivity index (χ3v) is 2.62. The Morgan fingerprint density at radius 2 is 1.83 bits per heavy atom. The van der Waals surface area contributed by atoms with Crippen molar-refractivity contribution >= 4 is 5.69 Å². The van der Waals surface area contributed by atoms with E-state index in [1.807, 2.05) is 6.07 Å². The Kier molecular flexibility index (Phi) is 3.35. The molecule has 0 aliphatic carbocycles. The molecule has 0 aliphatic heterocycles. The number of benzene rings is 2. The van der Waals surface area contributed by atoms with Crippen molar-refractivity contribution in [3.63, 3.8) is 0 Å². The SMILES string of the molecule is N#Cc1ccccc1NCc1cccc(O)c1O. The van der Waals surface area contributed by atoms with E-state index in [0.29, 0.717) is 23.4 Å². The molecule has 4 nitrogen and oxygen atoms in total. The average Bonchev–Trinajstić information content (AvgIpc) is 2.41. The van der Waals surface area contributed by atoms with Crippen molar-refractivity contribution in [2.24, 2.45) is 0 Å². The first-order valence-corrected chi connectivity index (χ1v) is 5.45. The second kappa shape index (κ2) is 5.11. The van der Waals surface area contributed by atoms with Gasteiger partial charge in [-0.05, 0) is 18.2 Å². The van der Waals surface area contributed by atoms with Crippen LogP contribution in [0.4, 0.5) is 5.69 Å². The van der Waals surface area contributed by atoms with Crippen LogP contribution in [-0.2, 0) is 6.54 Å². The van der Waals surface area contributed by atoms with Crippen LogP contribution in [0.5, 0.6) is 11.5 Å². The topological polar surface area (TPSA) is 76.3 Å². The summed E-state index contributed by atoms with van der Waals surface area (Å²) in [6.07, 6.45) is 0. The van der Waals surface area contributed by atoms with E-state index >= 15 is 0 Å². The number of nitriles is 1. The summed E-state index contributed by atoms with van der Waals surface area (Å²) in [7, 11) is 0. The normalized spacial score (nSPS) is 9.72. The third-order valence-electron chi connectivity index (χ3n) is 2.62. The van der Waals surface area contributed by atoms with Crippen LogP contribution in [0, 0.1) is 11.3 Å². The molecule has 0 fully saturated rings. The molecule has 0 amide bonds. The largest absolute Gasteiger partial charge is 0.504 e. The number of nitrogens with zero attached hydrogens (tertiary/aromatic N) is 1. The maximum absolute atomic E-state index is 9.65. The van der Waals surface area contributed by atoms with Crippen LogP contribution < -0.4 is 5.32 Å². The van der Waals surface area contributed by atoms with E-state index in [0.717, 1.165) is 0 Å². The Balaban J connectivity index is 2.17. The highest BCUT2D eigenvalue weighted by Gasteiger charge is 2.06. The zero-order valence-electron chi connectivity index (χ0n) is 9.59. The molecule has 0 atom stereocenters. The lowest BCUT2D eigenvalue weighted by atomic mass is 10.1. The standard InChI is InChI=1S/C14H12N2O2/c15-8-10-4-1-2-6-12(10)16-9-11-5-3-7-13(17)14(11)18/h1-7,16-18H,9H2. The van der Waals surface area contributed by atoms with Gasteiger partial charge in [-0.15, -0.1) is 0 Å². The van der Waals surface area contributed by atoms with Crippen LogP contribution >= 0.6 is 0 Å². The van der Waals surface area contributed by atoms with E-state index in [4.69, 9.17) is 5.26 Å². The number of rotatable bonds is 3. The third kappa shape index (κ3) is 2.36. The summed E-state index contributed by atoms with van der Waals surface area (Å²) < 4.78 is 0. The lowest BCUT2D eigenvalue weighted by molar-refractivity contribution is 0.400. The summed E-state index contributed by atoms with van der Waals surface area (Å²) in [5.74, 6) is -0.290. The Labute approximate surface area is 105 Å². The van der Waals surface area contributed by atoms with Gasteiger partial charge in [0, 0.05) is 12.1 Å². The van der Waals surface area contributed by atoms with E-state index in [1.54, 1.807) is 30.3 Å². The first-order valence-electron chi connectivity index (χ1n) is 5.45. The Morgan fingerprint density at radius 1 is 1.06 bits per heavy atom. The molecular formula is C14H12N2O2. The molecule has 3 N–H and O–H groups in total. The van der Waals surface area contributed by atoms with Crippen molar-refractivity contribution in [2.75, 3.05) is 5.32 Å². The van der Waals surface area contributed by atoms with E-state index < -0.39 is 0 Å². The average molecular weight is 240 g/mol. The maximum atomic E-state index is 9.65. The van der Waals surface area contributed by atoms with Crippen LogP contribution in [-0.4, -0.2) is 10.2 Å². The highest BCUT2D eigenvalue weighted by molar-refractivity contribution is 5.58. The number of phenols is 2. The van der Waals surface area contributed by atoms with Gasteiger partial charge in [-0.3, -0.25) is 0 Å². The molecule has 90 valence electrons. The second-order valence-electron chi connectivity index (χ2n) is 3.80. The molecular weight excluding hydrogens is 228 g/mol. The van der Waals surface area contributed by atoms with Gasteiger partial charge in [-0.25, -0.2) is 0 Å². The van der Waals surface area contributed by atoms with E-state index in [-0.39, 0.29) is 11.5 Å². The van der Waals surface area contributed by atoms with Crippen molar-refractivity contribution in [3.05, 3.63) is 53.6 Å². The molecule has 0 bridgehead atoms. The van der Waals surface area contributed by atoms with Crippen molar-refractivity contribution in [1.29, 1.82) is 5.26 Å². The summed E-state index contributed by atoms with van der Waals surface area (Å²) in [4.78, 5) is 0. The number of nitrogens with one attached hydrogen (secondary N) is 1. The van der Waals surface area contributed by atoms with Gasteiger partial charge in [0.25, 0.3) is 0 Å². The molecule has 0 spiro atoms. The fourth-order valence-corrected chi connectivity index (χ4v) is 1.65. The van der Waals surface area contributed by atoms with Gasteiger partial charge in [0.05, 0.1) is 11.3 Å². The van der Waals surface area contributed by atoms with Crippen LogP contribution in [0.3, 0.4) is 0 Å². The Hall–Kier alpha value is -2.67. The lowest BCUT2D eigenvalue weighted by Gasteiger charge is -2.10. The van der Waals surface area contributed by atoms with Crippen LogP contribution in [0.2, 0.25) is 0 Å². The number of hydrogen-bond donors (Lipinski definition) is 3. The summed E-state index contributed by atoms with van der Waals surface area (Å²) in [6, 6.07) is 14.0. The van der Waals surface area contributed by atoms with Gasteiger partial charge in [-0.1, -0.05) is 24.3 Å². The zero-order chi connectivity index (χ0) is 13.0. The van der Waals surface area contributed by atoms with E-state index in [9.17, 15) is 10.2 Å². The number of para-hydroxylation sites is 2. The van der Waals surface area contributed by atoms with Gasteiger partial charge >= 0.3 is 0 Å². The van der Waals surface area contributed by atoms with Crippen molar-refractivity contribution < 1.29 is 10.2 Å². The molecule has 2 rings (SSSR count). The molecule has 0 saturated carbocycles. The van der Waals surface area contributed by atoms with Gasteiger partial charge in [-0.2, -0.15) is 5.26 Å². The van der Waals surface area contributed by atoms with Crippen LogP contribution in [0.15, 0.2) is 42.5 Å². The number of anilines is 1. The van der Waals surface area contributed by atoms with Crippen molar-refractivity contribution in [1.82, 2.24) is 0 Å². The number of hydrogen-bond acceptors (Lipinski definition) is 4. The monoisotopic (exact) mass is 240 g/mol. The molecule has 0 radical (unpaired) electrons. The van der Waals surface area contributed by atoms with Crippen molar-refractivity contribution in [3.8, 4) is 17.6 Å². The molecule has 0 unspecified atom stereocenters. The minimum absolute atomic E-state index is 0.139. The van der Waals surface area contributed by atoms with E-state index in [1.165, 1.54) is 6.07 Å². The van der Waals surface area contributed by atoms with Crippen LogP contribution in [0.1, 0.15) is 11.1 Å². The molecule has 0 aliphatic rings. The maximum Gasteiger partial charge on any atom is 0.162 e. The minimum atomic E-state index is -0.150. The molecule has 0 heterocycles. The molecule has 2 aromatic carbocycles. The number of aromatic hydroxyl groups is 2. The minimum Gasteiger partial charge on any atom is -0.504 e. The smallest absolute Gasteiger partial charge is 0.162 e. The quantitative estimate of drug-likeness (QED) is 0.721. The highest BCUT2D eigenvalue weighted by Crippen LogP contribution is 2.28. The fourth-order valence-electron chi connectivity index (χ4n) is 1.65. The predicted molar refractivity (Wildman–Crippen MR) is 68.3 cm³/mol. The molecule has 4 heteroatoms. The Morgan fingerprint density at radius 3 is 2.61 bits per heavy atom. The summed E-state index contributed by atoms with van der Waals surface area (Å²) in [6.45, 7) is 0.332. The second-order valence-corrected chi connectivity index (χ2v) is 3.80. The summed E-state index contributed by atoms with van der Waals surface area (Å²) in [5.41, 5.74) is 1.81. The molecule has 18 heavy (non-hydrogen) atoms. The lowest BCUT2D eigenvalue weighted by Crippen LogP contribution is -2.01. The Bertz CT molecular complexity index is 603. The predicted octanol–water partition coefficient (Wildman–Crippen LogP) is 2.58. The summed E-state index contributed by atoms with van der Waals surface area (Å²) in [5, 5.41) is 31.0. The summed E-state index contributed by atoms with van der Waals surface area (Å²) >= 11 is 0. The van der Waals surface area contributed by atoms with Crippen LogP contribution in [0.25, 0.3) is 0 Å². The highest BCUT2D eigenvalue weighted by atomic mass is 16.3. The van der Waals surface area contributed by atoms with Gasteiger partial charge in [0.2, 0.25) is 0 Å². The fraction of sp³-hybridized carbons (Fsp3) is 0.0714.